The lowest BCUT2D eigenvalue weighted by atomic mass is 9.93. The van der Waals surface area contributed by atoms with Gasteiger partial charge in [-0.3, -0.25) is 0 Å². The van der Waals surface area contributed by atoms with Gasteiger partial charge in [0.15, 0.2) is 0 Å². The first kappa shape index (κ1) is 15.0. The summed E-state index contributed by atoms with van der Waals surface area (Å²) in [7, 11) is 0. The Morgan fingerprint density at radius 1 is 1.19 bits per heavy atom. The lowest BCUT2D eigenvalue weighted by Crippen LogP contribution is -2.43. The van der Waals surface area contributed by atoms with Gasteiger partial charge in [-0.1, -0.05) is 36.4 Å². The van der Waals surface area contributed by atoms with Crippen LogP contribution in [-0.4, -0.2) is 16.6 Å². The van der Waals surface area contributed by atoms with E-state index in [1.54, 1.807) is 19.1 Å². The van der Waals surface area contributed by atoms with E-state index in [0.29, 0.717) is 18.5 Å². The summed E-state index contributed by atoms with van der Waals surface area (Å²) in [6, 6.07) is 15.5. The van der Waals surface area contributed by atoms with Crippen molar-refractivity contribution in [1.82, 2.24) is 0 Å². The maximum Gasteiger partial charge on any atom is 0.329 e. The third-order valence-electron chi connectivity index (χ3n) is 3.47. The van der Waals surface area contributed by atoms with Gasteiger partial charge in [0.1, 0.15) is 11.4 Å². The Hall–Kier alpha value is -2.36. The molecule has 0 aliphatic carbocycles. The molecule has 0 bridgehead atoms. The van der Waals surface area contributed by atoms with Crippen LogP contribution in [0.3, 0.4) is 0 Å². The highest BCUT2D eigenvalue weighted by Gasteiger charge is 2.32. The number of nitrogens with one attached hydrogen (secondary N) is 1. The van der Waals surface area contributed by atoms with Gasteiger partial charge < -0.3 is 10.4 Å². The maximum atomic E-state index is 13.2. The summed E-state index contributed by atoms with van der Waals surface area (Å²) in [4.78, 5) is 11.6. The predicted octanol–water partition coefficient (Wildman–Crippen LogP) is 3.71. The average Bonchev–Trinajstić information content (AvgIpc) is 2.46. The molecule has 2 aromatic rings. The standard InChI is InChI=1S/C17H18FNO2/c1-17(16(20)21,11-10-13-6-3-2-4-7-13)19-15-9-5-8-14(18)12-15/h2-9,12,19H,10-11H2,1H3,(H,20,21). The Bertz CT molecular complexity index is 615. The van der Waals surface area contributed by atoms with Gasteiger partial charge >= 0.3 is 5.97 Å². The van der Waals surface area contributed by atoms with E-state index in [9.17, 15) is 14.3 Å². The Balaban J connectivity index is 2.11. The van der Waals surface area contributed by atoms with Crippen molar-refractivity contribution in [3.63, 3.8) is 0 Å². The number of halogens is 1. The van der Waals surface area contributed by atoms with Crippen LogP contribution in [0.5, 0.6) is 0 Å². The fourth-order valence-corrected chi connectivity index (χ4v) is 2.15. The highest BCUT2D eigenvalue weighted by atomic mass is 19.1. The smallest absolute Gasteiger partial charge is 0.329 e. The van der Waals surface area contributed by atoms with E-state index in [1.807, 2.05) is 30.3 Å². The second-order valence-electron chi connectivity index (χ2n) is 5.26. The number of anilines is 1. The average molecular weight is 287 g/mol. The third-order valence-corrected chi connectivity index (χ3v) is 3.47. The summed E-state index contributed by atoms with van der Waals surface area (Å²) in [5.41, 5.74) is 0.392. The molecule has 2 rings (SSSR count). The van der Waals surface area contributed by atoms with Gasteiger partial charge in [-0.15, -0.1) is 0 Å². The van der Waals surface area contributed by atoms with Crippen molar-refractivity contribution < 1.29 is 14.3 Å². The molecule has 0 saturated carbocycles. The first-order valence-electron chi connectivity index (χ1n) is 6.81. The minimum Gasteiger partial charge on any atom is -0.480 e. The number of carboxylic acids is 1. The van der Waals surface area contributed by atoms with Crippen LogP contribution in [0.2, 0.25) is 0 Å². The molecule has 0 aromatic heterocycles. The van der Waals surface area contributed by atoms with E-state index in [4.69, 9.17) is 0 Å². The lowest BCUT2D eigenvalue weighted by Gasteiger charge is -2.27. The van der Waals surface area contributed by atoms with Gasteiger partial charge in [0.2, 0.25) is 0 Å². The highest BCUT2D eigenvalue weighted by Crippen LogP contribution is 2.22. The van der Waals surface area contributed by atoms with Crippen LogP contribution >= 0.6 is 0 Å². The monoisotopic (exact) mass is 287 g/mol. The van der Waals surface area contributed by atoms with Crippen LogP contribution in [0.25, 0.3) is 0 Å². The molecule has 0 heterocycles. The largest absolute Gasteiger partial charge is 0.480 e. The van der Waals surface area contributed by atoms with Crippen molar-refractivity contribution >= 4 is 11.7 Å². The van der Waals surface area contributed by atoms with Crippen LogP contribution in [-0.2, 0) is 11.2 Å². The Labute approximate surface area is 123 Å². The minimum atomic E-state index is -1.15. The van der Waals surface area contributed by atoms with Crippen LogP contribution in [0.1, 0.15) is 18.9 Å². The van der Waals surface area contributed by atoms with E-state index < -0.39 is 17.3 Å². The molecule has 4 heteroatoms. The van der Waals surface area contributed by atoms with E-state index in [0.717, 1.165) is 5.56 Å². The van der Waals surface area contributed by atoms with Gasteiger partial charge in [0.05, 0.1) is 0 Å². The molecule has 0 amide bonds. The van der Waals surface area contributed by atoms with Crippen molar-refractivity contribution in [2.75, 3.05) is 5.32 Å². The normalized spacial score (nSPS) is 13.4. The highest BCUT2D eigenvalue weighted by molar-refractivity contribution is 5.82. The molecule has 2 N–H and O–H groups in total. The summed E-state index contributed by atoms with van der Waals surface area (Å²) in [6.45, 7) is 1.61. The number of carbonyl (C=O) groups is 1. The third kappa shape index (κ3) is 4.05. The predicted molar refractivity (Wildman–Crippen MR) is 80.8 cm³/mol. The number of hydrogen-bond donors (Lipinski definition) is 2. The number of carboxylic acid groups (broad SMARTS) is 1. The fourth-order valence-electron chi connectivity index (χ4n) is 2.15. The van der Waals surface area contributed by atoms with Crippen LogP contribution in [0.15, 0.2) is 54.6 Å². The maximum absolute atomic E-state index is 13.2. The first-order chi connectivity index (χ1) is 9.99. The zero-order valence-electron chi connectivity index (χ0n) is 11.8. The van der Waals surface area contributed by atoms with E-state index in [2.05, 4.69) is 5.32 Å². The van der Waals surface area contributed by atoms with Crippen molar-refractivity contribution in [3.05, 3.63) is 66.0 Å². The number of benzene rings is 2. The Morgan fingerprint density at radius 3 is 2.52 bits per heavy atom. The number of aryl methyl sites for hydroxylation is 1. The zero-order valence-corrected chi connectivity index (χ0v) is 11.8. The molecule has 0 radical (unpaired) electrons. The van der Waals surface area contributed by atoms with Gasteiger partial charge in [0.25, 0.3) is 0 Å². The van der Waals surface area contributed by atoms with Gasteiger partial charge in [-0.25, -0.2) is 9.18 Å². The molecule has 0 spiro atoms. The number of rotatable bonds is 6. The Kier molecular flexibility index (Phi) is 4.58. The second-order valence-corrected chi connectivity index (χ2v) is 5.26. The van der Waals surface area contributed by atoms with Crippen molar-refractivity contribution in [2.24, 2.45) is 0 Å². The van der Waals surface area contributed by atoms with Crippen LogP contribution < -0.4 is 5.32 Å². The van der Waals surface area contributed by atoms with Gasteiger partial charge in [-0.2, -0.15) is 0 Å². The molecular formula is C17H18FNO2. The summed E-state index contributed by atoms with van der Waals surface area (Å²) in [5, 5.41) is 12.4. The van der Waals surface area contributed by atoms with E-state index in [1.165, 1.54) is 12.1 Å². The van der Waals surface area contributed by atoms with E-state index >= 15 is 0 Å². The molecule has 0 aliphatic rings. The van der Waals surface area contributed by atoms with Crippen molar-refractivity contribution in [2.45, 2.75) is 25.3 Å². The van der Waals surface area contributed by atoms with Gasteiger partial charge in [0, 0.05) is 5.69 Å². The minimum absolute atomic E-state index is 0.393. The molecular weight excluding hydrogens is 269 g/mol. The van der Waals surface area contributed by atoms with Crippen molar-refractivity contribution in [3.8, 4) is 0 Å². The summed E-state index contributed by atoms with van der Waals surface area (Å²) >= 11 is 0. The summed E-state index contributed by atoms with van der Waals surface area (Å²) in [6.07, 6.45) is 1.04. The molecule has 1 atom stereocenters. The van der Waals surface area contributed by atoms with Crippen molar-refractivity contribution in [1.29, 1.82) is 0 Å². The number of aliphatic carboxylic acids is 1. The quantitative estimate of drug-likeness (QED) is 0.851. The van der Waals surface area contributed by atoms with Crippen LogP contribution in [0.4, 0.5) is 10.1 Å². The topological polar surface area (TPSA) is 49.3 Å². The first-order valence-corrected chi connectivity index (χ1v) is 6.81. The molecule has 21 heavy (non-hydrogen) atoms. The SMILES string of the molecule is CC(CCc1ccccc1)(Nc1cccc(F)c1)C(=O)O. The molecule has 2 aromatic carbocycles. The molecule has 0 saturated heterocycles. The van der Waals surface area contributed by atoms with Crippen LogP contribution in [0, 0.1) is 5.82 Å². The molecule has 110 valence electrons. The lowest BCUT2D eigenvalue weighted by molar-refractivity contribution is -0.141. The second kappa shape index (κ2) is 6.39. The Morgan fingerprint density at radius 2 is 1.90 bits per heavy atom. The molecule has 3 nitrogen and oxygen atoms in total. The molecule has 0 fully saturated rings. The molecule has 0 aliphatic heterocycles. The fraction of sp³-hybridized carbons (Fsp3) is 0.235. The number of hydrogen-bond acceptors (Lipinski definition) is 2. The van der Waals surface area contributed by atoms with E-state index in [-0.39, 0.29) is 0 Å². The van der Waals surface area contributed by atoms with Gasteiger partial charge in [-0.05, 0) is 43.5 Å². The summed E-state index contributed by atoms with van der Waals surface area (Å²) in [5.74, 6) is -1.35. The zero-order chi connectivity index (χ0) is 15.3. The molecule has 1 unspecified atom stereocenters. The summed E-state index contributed by atoms with van der Waals surface area (Å²) < 4.78 is 13.2.